The van der Waals surface area contributed by atoms with Crippen molar-refractivity contribution in [3.05, 3.63) is 47.5 Å². The van der Waals surface area contributed by atoms with Gasteiger partial charge >= 0.3 is 0 Å². The molecule has 0 bridgehead atoms. The van der Waals surface area contributed by atoms with Crippen LogP contribution in [0.2, 0.25) is 0 Å². The molecule has 1 heterocycles. The third-order valence-electron chi connectivity index (χ3n) is 7.32. The molecule has 0 saturated heterocycles. The average molecular weight is 439 g/mol. The van der Waals surface area contributed by atoms with Crippen LogP contribution in [-0.4, -0.2) is 9.97 Å². The van der Waals surface area contributed by atoms with Crippen LogP contribution >= 0.6 is 0 Å². The van der Waals surface area contributed by atoms with Crippen LogP contribution < -0.4 is 0 Å². The van der Waals surface area contributed by atoms with Crippen molar-refractivity contribution < 1.29 is 4.39 Å². The first-order valence-electron chi connectivity index (χ1n) is 13.3. The third kappa shape index (κ3) is 7.67. The highest BCUT2D eigenvalue weighted by atomic mass is 19.1. The van der Waals surface area contributed by atoms with Crippen LogP contribution in [0.4, 0.5) is 4.39 Å². The zero-order chi connectivity index (χ0) is 22.6. The monoisotopic (exact) mass is 438 g/mol. The predicted octanol–water partition coefficient (Wildman–Crippen LogP) is 9.04. The number of aryl methyl sites for hydroxylation is 1. The second-order valence-corrected chi connectivity index (χ2v) is 9.88. The Kier molecular flexibility index (Phi) is 10.6. The first-order chi connectivity index (χ1) is 15.7. The molecule has 0 atom stereocenters. The smallest absolute Gasteiger partial charge is 0.159 e. The molecule has 2 aromatic rings. The highest BCUT2D eigenvalue weighted by molar-refractivity contribution is 5.55. The minimum atomic E-state index is -0.130. The number of benzene rings is 1. The Morgan fingerprint density at radius 2 is 1.47 bits per heavy atom. The number of hydrogen-bond donors (Lipinski definition) is 0. The van der Waals surface area contributed by atoms with Gasteiger partial charge in [-0.15, -0.1) is 0 Å². The molecule has 2 nitrogen and oxygen atoms in total. The maximum atomic E-state index is 14.5. The van der Waals surface area contributed by atoms with Gasteiger partial charge in [0.25, 0.3) is 0 Å². The van der Waals surface area contributed by atoms with E-state index in [0.29, 0.717) is 11.7 Å². The molecule has 1 aliphatic carbocycles. The van der Waals surface area contributed by atoms with Gasteiger partial charge in [-0.1, -0.05) is 83.8 Å². The molecule has 1 fully saturated rings. The van der Waals surface area contributed by atoms with E-state index >= 15 is 0 Å². The fourth-order valence-electron chi connectivity index (χ4n) is 5.15. The van der Waals surface area contributed by atoms with Crippen LogP contribution in [0.3, 0.4) is 0 Å². The SMILES string of the molecule is CCCCCCCC[C@H]1CC[C@H](c2cnc(-c3ccc(CCCCC)c(F)c3)nc2)CC1. The summed E-state index contributed by atoms with van der Waals surface area (Å²) in [6.07, 6.45) is 23.1. The molecule has 176 valence electrons. The van der Waals surface area contributed by atoms with Gasteiger partial charge in [0, 0.05) is 18.0 Å². The van der Waals surface area contributed by atoms with Crippen LogP contribution in [0.1, 0.15) is 121 Å². The summed E-state index contributed by atoms with van der Waals surface area (Å²) in [7, 11) is 0. The average Bonchev–Trinajstić information content (AvgIpc) is 2.83. The predicted molar refractivity (Wildman–Crippen MR) is 133 cm³/mol. The third-order valence-corrected chi connectivity index (χ3v) is 7.32. The molecule has 0 N–H and O–H groups in total. The summed E-state index contributed by atoms with van der Waals surface area (Å²) in [5, 5.41) is 0. The topological polar surface area (TPSA) is 25.8 Å². The van der Waals surface area contributed by atoms with Crippen LogP contribution in [0.5, 0.6) is 0 Å². The molecule has 0 aliphatic heterocycles. The summed E-state index contributed by atoms with van der Waals surface area (Å²) in [5.74, 6) is 2.00. The molecule has 0 amide bonds. The van der Waals surface area contributed by atoms with Crippen LogP contribution in [0.25, 0.3) is 11.4 Å². The summed E-state index contributed by atoms with van der Waals surface area (Å²) >= 11 is 0. The summed E-state index contributed by atoms with van der Waals surface area (Å²) in [6, 6.07) is 5.47. The van der Waals surface area contributed by atoms with Gasteiger partial charge in [0.1, 0.15) is 5.82 Å². The molecule has 32 heavy (non-hydrogen) atoms. The normalized spacial score (nSPS) is 18.7. The first-order valence-corrected chi connectivity index (χ1v) is 13.3. The molecule has 0 unspecified atom stereocenters. The molecule has 1 aliphatic rings. The van der Waals surface area contributed by atoms with Gasteiger partial charge in [-0.3, -0.25) is 0 Å². The van der Waals surface area contributed by atoms with E-state index in [4.69, 9.17) is 0 Å². The molecule has 1 aromatic heterocycles. The fraction of sp³-hybridized carbons (Fsp3) is 0.655. The lowest BCUT2D eigenvalue weighted by Crippen LogP contribution is -2.14. The minimum Gasteiger partial charge on any atom is -0.236 e. The molecule has 0 spiro atoms. The standard InChI is InChI=1S/C29H43FN2/c1-3-5-7-8-9-11-12-23-14-16-24(17-15-23)27-21-31-29(32-22-27)26-19-18-25(28(30)20-26)13-10-6-4-2/h18-24H,3-17H2,1-2H3/t23-,24-. The second-order valence-electron chi connectivity index (χ2n) is 9.88. The Bertz CT molecular complexity index is 778. The molecule has 1 saturated carbocycles. The number of nitrogens with zero attached hydrogens (tertiary/aromatic N) is 2. The van der Waals surface area contributed by atoms with Crippen molar-refractivity contribution in [1.82, 2.24) is 9.97 Å². The lowest BCUT2D eigenvalue weighted by Gasteiger charge is -2.28. The van der Waals surface area contributed by atoms with Crippen LogP contribution in [-0.2, 0) is 6.42 Å². The highest BCUT2D eigenvalue weighted by Gasteiger charge is 2.22. The van der Waals surface area contributed by atoms with Gasteiger partial charge in [-0.25, -0.2) is 14.4 Å². The largest absolute Gasteiger partial charge is 0.236 e. The quantitative estimate of drug-likeness (QED) is 0.291. The molecule has 1 aromatic carbocycles. The molecule has 3 rings (SSSR count). The number of rotatable bonds is 13. The van der Waals surface area contributed by atoms with Crippen molar-refractivity contribution in [3.63, 3.8) is 0 Å². The van der Waals surface area contributed by atoms with Gasteiger partial charge in [-0.05, 0) is 67.6 Å². The number of unbranched alkanes of at least 4 members (excludes halogenated alkanes) is 7. The Balaban J connectivity index is 1.45. The maximum absolute atomic E-state index is 14.5. The Labute approximate surface area is 195 Å². The number of aromatic nitrogens is 2. The van der Waals surface area contributed by atoms with E-state index in [0.717, 1.165) is 42.7 Å². The van der Waals surface area contributed by atoms with Gasteiger partial charge in [0.15, 0.2) is 5.82 Å². The maximum Gasteiger partial charge on any atom is 0.159 e. The Morgan fingerprint density at radius 1 is 0.812 bits per heavy atom. The van der Waals surface area contributed by atoms with Crippen molar-refractivity contribution in [1.29, 1.82) is 0 Å². The van der Waals surface area contributed by atoms with E-state index in [1.54, 1.807) is 6.07 Å². The van der Waals surface area contributed by atoms with Crippen molar-refractivity contribution in [2.75, 3.05) is 0 Å². The Morgan fingerprint density at radius 3 is 2.16 bits per heavy atom. The fourth-order valence-corrected chi connectivity index (χ4v) is 5.15. The minimum absolute atomic E-state index is 0.130. The van der Waals surface area contributed by atoms with Crippen molar-refractivity contribution in [2.24, 2.45) is 5.92 Å². The molecular formula is C29H43FN2. The Hall–Kier alpha value is -1.77. The van der Waals surface area contributed by atoms with Gasteiger partial charge in [-0.2, -0.15) is 0 Å². The second kappa shape index (κ2) is 13.7. The summed E-state index contributed by atoms with van der Waals surface area (Å²) in [5.41, 5.74) is 2.83. The van der Waals surface area contributed by atoms with Crippen molar-refractivity contribution in [3.8, 4) is 11.4 Å². The van der Waals surface area contributed by atoms with E-state index in [-0.39, 0.29) is 5.82 Å². The summed E-state index contributed by atoms with van der Waals surface area (Å²) < 4.78 is 14.5. The number of halogens is 1. The lowest BCUT2D eigenvalue weighted by molar-refractivity contribution is 0.301. The molecule has 0 radical (unpaired) electrons. The van der Waals surface area contributed by atoms with Gasteiger partial charge in [0.2, 0.25) is 0 Å². The van der Waals surface area contributed by atoms with Crippen molar-refractivity contribution in [2.45, 2.75) is 116 Å². The molecular weight excluding hydrogens is 395 g/mol. The zero-order valence-corrected chi connectivity index (χ0v) is 20.4. The number of hydrogen-bond acceptors (Lipinski definition) is 2. The molecule has 3 heteroatoms. The highest BCUT2D eigenvalue weighted by Crippen LogP contribution is 2.37. The summed E-state index contributed by atoms with van der Waals surface area (Å²) in [6.45, 7) is 4.45. The van der Waals surface area contributed by atoms with Crippen LogP contribution in [0.15, 0.2) is 30.6 Å². The van der Waals surface area contributed by atoms with E-state index in [1.807, 2.05) is 24.5 Å². The van der Waals surface area contributed by atoms with E-state index in [9.17, 15) is 4.39 Å². The summed E-state index contributed by atoms with van der Waals surface area (Å²) in [4.78, 5) is 9.19. The lowest BCUT2D eigenvalue weighted by atomic mass is 9.77. The van der Waals surface area contributed by atoms with Crippen LogP contribution in [0, 0.1) is 11.7 Å². The zero-order valence-electron chi connectivity index (χ0n) is 20.4. The van der Waals surface area contributed by atoms with E-state index < -0.39 is 0 Å². The van der Waals surface area contributed by atoms with Gasteiger partial charge < -0.3 is 0 Å². The van der Waals surface area contributed by atoms with E-state index in [1.165, 1.54) is 76.2 Å². The van der Waals surface area contributed by atoms with E-state index in [2.05, 4.69) is 23.8 Å². The first kappa shape index (κ1) is 24.9. The van der Waals surface area contributed by atoms with Gasteiger partial charge in [0.05, 0.1) is 0 Å². The van der Waals surface area contributed by atoms with Crippen molar-refractivity contribution >= 4 is 0 Å².